The molecule has 1 N–H and O–H groups in total. The Kier molecular flexibility index (Phi) is 18.5. The Hall–Kier alpha value is -3.93. The van der Waals surface area contributed by atoms with Crippen molar-refractivity contribution < 1.29 is 90.3 Å². The second-order valence-electron chi connectivity index (χ2n) is 14.1. The van der Waals surface area contributed by atoms with Gasteiger partial charge in [-0.05, 0) is 18.7 Å². The molecule has 20 nitrogen and oxygen atoms in total. The SMILES string of the molecule is COC(=O)[C@H]1O[C@@H](O[C@H]2[C@@H](O[C@H]3O[C@H](COC(C)=O)[C@H](OC(C)=O)[C@H](OC)[C@H]3NC(C)=O)[C@H](OCc3ccccc3)[C@H](SC)O[C@H]2C)[C@H](OC(C)=O)[C@@H](OC(C)=O)[C@@H]1OC. The lowest BCUT2D eigenvalue weighted by molar-refractivity contribution is -0.358. The molecule has 60 heavy (non-hydrogen) atoms. The fraction of sp³-hybridized carbons (Fsp3) is 0.692. The average molecular weight is 874 g/mol. The van der Waals surface area contributed by atoms with Crippen LogP contribution in [0.15, 0.2) is 30.3 Å². The van der Waals surface area contributed by atoms with E-state index in [1.165, 1.54) is 46.8 Å². The summed E-state index contributed by atoms with van der Waals surface area (Å²) in [7, 11) is 3.70. The number of esters is 5. The summed E-state index contributed by atoms with van der Waals surface area (Å²) < 4.78 is 77.6. The minimum atomic E-state index is -1.67. The fourth-order valence-electron chi connectivity index (χ4n) is 7.24. The number of rotatable bonds is 17. The number of ether oxygens (including phenoxy) is 13. The lowest BCUT2D eigenvalue weighted by Gasteiger charge is -2.51. The third-order valence-corrected chi connectivity index (χ3v) is 10.5. The van der Waals surface area contributed by atoms with Crippen LogP contribution in [0.5, 0.6) is 0 Å². The molecule has 1 amide bonds. The molecule has 15 atom stereocenters. The minimum Gasteiger partial charge on any atom is -0.467 e. The molecule has 0 unspecified atom stereocenters. The van der Waals surface area contributed by atoms with Crippen molar-refractivity contribution in [2.24, 2.45) is 0 Å². The number of carbonyl (C=O) groups is 6. The van der Waals surface area contributed by atoms with Crippen LogP contribution in [0.4, 0.5) is 0 Å². The van der Waals surface area contributed by atoms with E-state index in [0.717, 1.165) is 26.5 Å². The van der Waals surface area contributed by atoms with E-state index in [1.807, 2.05) is 30.3 Å². The Bertz CT molecular complexity index is 1620. The number of amides is 1. The maximum Gasteiger partial charge on any atom is 0.338 e. The number of benzene rings is 1. The molecule has 4 rings (SSSR count). The van der Waals surface area contributed by atoms with Gasteiger partial charge >= 0.3 is 29.8 Å². The predicted molar refractivity (Wildman–Crippen MR) is 204 cm³/mol. The maximum absolute atomic E-state index is 13.2. The Balaban J connectivity index is 1.87. The normalized spacial score (nSPS) is 34.1. The maximum atomic E-state index is 13.2. The van der Waals surface area contributed by atoms with Gasteiger partial charge in [-0.2, -0.15) is 0 Å². The van der Waals surface area contributed by atoms with E-state index in [9.17, 15) is 28.8 Å². The molecule has 3 aliphatic rings. The highest BCUT2D eigenvalue weighted by Crippen LogP contribution is 2.39. The topological polar surface area (TPSA) is 234 Å². The van der Waals surface area contributed by atoms with Crippen molar-refractivity contribution in [2.75, 3.05) is 34.2 Å². The number of hydrogen-bond donors (Lipinski definition) is 1. The van der Waals surface area contributed by atoms with Crippen LogP contribution in [0.3, 0.4) is 0 Å². The predicted octanol–water partition coefficient (Wildman–Crippen LogP) is 0.966. The zero-order chi connectivity index (χ0) is 44.3. The molecule has 0 radical (unpaired) electrons. The number of carbonyl (C=O) groups excluding carboxylic acids is 6. The lowest BCUT2D eigenvalue weighted by Crippen LogP contribution is -2.69. The second kappa shape index (κ2) is 22.8. The zero-order valence-electron chi connectivity index (χ0n) is 35.1. The Morgan fingerprint density at radius 1 is 0.667 bits per heavy atom. The van der Waals surface area contributed by atoms with E-state index >= 15 is 0 Å². The molecule has 0 aromatic heterocycles. The van der Waals surface area contributed by atoms with Gasteiger partial charge in [-0.1, -0.05) is 30.3 Å². The van der Waals surface area contributed by atoms with E-state index < -0.39 is 134 Å². The summed E-state index contributed by atoms with van der Waals surface area (Å²) in [6, 6.07) is 8.06. The first-order valence-electron chi connectivity index (χ1n) is 19.0. The van der Waals surface area contributed by atoms with Gasteiger partial charge in [0.05, 0.1) is 19.8 Å². The first-order chi connectivity index (χ1) is 28.5. The molecule has 3 heterocycles. The van der Waals surface area contributed by atoms with Crippen LogP contribution in [0.2, 0.25) is 0 Å². The van der Waals surface area contributed by atoms with Crippen LogP contribution in [0, 0.1) is 0 Å². The minimum absolute atomic E-state index is 0.0578. The lowest BCUT2D eigenvalue weighted by atomic mass is 9.94. The first-order valence-corrected chi connectivity index (χ1v) is 20.3. The molecule has 3 fully saturated rings. The quantitative estimate of drug-likeness (QED) is 0.170. The zero-order valence-corrected chi connectivity index (χ0v) is 35.9. The van der Waals surface area contributed by atoms with Crippen LogP contribution < -0.4 is 5.32 Å². The number of nitrogens with one attached hydrogen (secondary N) is 1. The van der Waals surface area contributed by atoms with Crippen LogP contribution in [0.1, 0.15) is 47.1 Å². The molecule has 0 bridgehead atoms. The number of thioether (sulfide) groups is 1. The van der Waals surface area contributed by atoms with Crippen molar-refractivity contribution in [1.82, 2.24) is 5.32 Å². The third-order valence-electron chi connectivity index (χ3n) is 9.67. The van der Waals surface area contributed by atoms with Gasteiger partial charge in [0, 0.05) is 48.8 Å². The summed E-state index contributed by atoms with van der Waals surface area (Å²) in [6.07, 6.45) is -15.1. The van der Waals surface area contributed by atoms with Crippen molar-refractivity contribution >= 4 is 47.5 Å². The van der Waals surface area contributed by atoms with Gasteiger partial charge in [-0.15, -0.1) is 11.8 Å². The van der Waals surface area contributed by atoms with Crippen molar-refractivity contribution in [1.29, 1.82) is 0 Å². The largest absolute Gasteiger partial charge is 0.467 e. The number of methoxy groups -OCH3 is 3. The van der Waals surface area contributed by atoms with Crippen molar-refractivity contribution in [3.05, 3.63) is 35.9 Å². The van der Waals surface area contributed by atoms with Crippen LogP contribution in [-0.2, 0) is 97.0 Å². The molecule has 0 aliphatic carbocycles. The highest BCUT2D eigenvalue weighted by Gasteiger charge is 2.58. The van der Waals surface area contributed by atoms with E-state index in [2.05, 4.69) is 5.32 Å². The summed E-state index contributed by atoms with van der Waals surface area (Å²) in [4.78, 5) is 75.3. The molecule has 3 saturated heterocycles. The van der Waals surface area contributed by atoms with E-state index in [1.54, 1.807) is 13.2 Å². The molecule has 336 valence electrons. The second-order valence-corrected chi connectivity index (χ2v) is 15.0. The molecular weight excluding hydrogens is 818 g/mol. The highest BCUT2D eigenvalue weighted by molar-refractivity contribution is 7.99. The fourth-order valence-corrected chi connectivity index (χ4v) is 8.03. The number of hydrogen-bond acceptors (Lipinski definition) is 20. The van der Waals surface area contributed by atoms with Gasteiger partial charge in [0.25, 0.3) is 0 Å². The van der Waals surface area contributed by atoms with E-state index in [0.29, 0.717) is 0 Å². The first kappa shape index (κ1) is 48.7. The standard InChI is InChI=1S/C39H55NO19S/c1-18-27(57-38-34(55-23(6)45)32(54-22(5)44)30(48-8)33(59-38)36(46)49-9)31(35(39(52-18)60-10)51-16-24-14-12-11-13-15-24)58-37-26(40-19(2)41)29(47-7)28(53-21(4)43)25(56-37)17-50-20(3)42/h11-15,18,25-35,37-39H,16-17H2,1-10H3,(H,40,41)/t18-,25+,26+,27+,28-,29+,30-,31+,32-,33-,34+,35-,37+,38+,39-/m0/s1. The van der Waals surface area contributed by atoms with Gasteiger partial charge in [0.15, 0.2) is 37.0 Å². The molecule has 0 saturated carbocycles. The summed E-state index contributed by atoms with van der Waals surface area (Å²) in [5, 5.41) is 2.78. The van der Waals surface area contributed by atoms with Crippen molar-refractivity contribution in [3.8, 4) is 0 Å². The summed E-state index contributed by atoms with van der Waals surface area (Å²) in [5.74, 6) is -4.40. The Morgan fingerprint density at radius 2 is 1.27 bits per heavy atom. The Morgan fingerprint density at radius 3 is 1.82 bits per heavy atom. The van der Waals surface area contributed by atoms with Gasteiger partial charge in [-0.3, -0.25) is 24.0 Å². The van der Waals surface area contributed by atoms with Gasteiger partial charge < -0.3 is 66.9 Å². The molecule has 1 aromatic rings. The van der Waals surface area contributed by atoms with E-state index in [-0.39, 0.29) is 6.61 Å². The van der Waals surface area contributed by atoms with E-state index in [4.69, 9.17) is 61.6 Å². The molecule has 21 heteroatoms. The van der Waals surface area contributed by atoms with Gasteiger partial charge in [0.1, 0.15) is 54.7 Å². The third kappa shape index (κ3) is 12.6. The van der Waals surface area contributed by atoms with Crippen LogP contribution in [0.25, 0.3) is 0 Å². The van der Waals surface area contributed by atoms with Crippen LogP contribution >= 0.6 is 11.8 Å². The highest BCUT2D eigenvalue weighted by atomic mass is 32.2. The van der Waals surface area contributed by atoms with Crippen molar-refractivity contribution in [2.45, 2.75) is 139 Å². The van der Waals surface area contributed by atoms with Gasteiger partial charge in [-0.25, -0.2) is 4.79 Å². The summed E-state index contributed by atoms with van der Waals surface area (Å²) >= 11 is 1.30. The molecular formula is C39H55NO19S. The summed E-state index contributed by atoms with van der Waals surface area (Å²) in [5.41, 5.74) is 0.0647. The molecule has 1 aromatic carbocycles. The van der Waals surface area contributed by atoms with Crippen molar-refractivity contribution in [3.63, 3.8) is 0 Å². The van der Waals surface area contributed by atoms with Gasteiger partial charge in [0.2, 0.25) is 5.91 Å². The average Bonchev–Trinajstić information content (AvgIpc) is 3.19. The molecule has 0 spiro atoms. The molecule has 3 aliphatic heterocycles. The summed E-state index contributed by atoms with van der Waals surface area (Å²) in [6.45, 7) is 7.19. The monoisotopic (exact) mass is 873 g/mol. The smallest absolute Gasteiger partial charge is 0.338 e. The van der Waals surface area contributed by atoms with Crippen LogP contribution in [-0.4, -0.2) is 161 Å². The Labute approximate surface area is 352 Å².